The molecule has 1 aromatic carbocycles. The third-order valence-corrected chi connectivity index (χ3v) is 5.94. The van der Waals surface area contributed by atoms with Gasteiger partial charge in [-0.2, -0.15) is 0 Å². The van der Waals surface area contributed by atoms with Gasteiger partial charge in [0.1, 0.15) is 17.6 Å². The Morgan fingerprint density at radius 3 is 2.72 bits per heavy atom. The Labute approximate surface area is 170 Å². The summed E-state index contributed by atoms with van der Waals surface area (Å²) in [6.07, 6.45) is 2.88. The molecule has 0 radical (unpaired) electrons. The maximum Gasteiger partial charge on any atom is 0.167 e. The van der Waals surface area contributed by atoms with Gasteiger partial charge in [0.05, 0.1) is 6.54 Å². The SMILES string of the molecule is C[C@H](O)c1nccn1Cc1cc(-c2ccc(C#CC3C4CN(C)CC34)cc2)on1. The van der Waals surface area contributed by atoms with E-state index >= 15 is 0 Å². The van der Waals surface area contributed by atoms with Gasteiger partial charge in [-0.25, -0.2) is 4.98 Å². The number of likely N-dealkylation sites (tertiary alicyclic amines) is 1. The molecule has 2 unspecified atom stereocenters. The standard InChI is InChI=1S/C23H24N4O2/c1-15(28)23-24-9-10-27(23)12-18-11-22(29-25-18)17-6-3-16(4-7-17)5-8-19-20-13-26(2)14-21(19)20/h3-4,6-7,9-11,15,19-21,28H,12-14H2,1-2H3/t15-,19?,20?,21?/m0/s1. The minimum absolute atomic E-state index is 0.506. The molecular formula is C23H24N4O2. The molecule has 3 heterocycles. The zero-order valence-electron chi connectivity index (χ0n) is 16.6. The maximum absolute atomic E-state index is 9.78. The highest BCUT2D eigenvalue weighted by Gasteiger charge is 2.53. The van der Waals surface area contributed by atoms with Gasteiger partial charge in [-0.15, -0.1) is 0 Å². The molecule has 5 rings (SSSR count). The first-order chi connectivity index (χ1) is 14.1. The average molecular weight is 388 g/mol. The van der Waals surface area contributed by atoms with Crippen LogP contribution in [-0.2, 0) is 6.54 Å². The summed E-state index contributed by atoms with van der Waals surface area (Å²) in [6.45, 7) is 4.58. The van der Waals surface area contributed by atoms with Crippen molar-refractivity contribution < 1.29 is 9.63 Å². The minimum Gasteiger partial charge on any atom is -0.385 e. The number of nitrogens with zero attached hydrogens (tertiary/aromatic N) is 4. The first-order valence-electron chi connectivity index (χ1n) is 10.0. The van der Waals surface area contributed by atoms with E-state index in [4.69, 9.17) is 4.52 Å². The van der Waals surface area contributed by atoms with Crippen molar-refractivity contribution >= 4 is 0 Å². The smallest absolute Gasteiger partial charge is 0.167 e. The van der Waals surface area contributed by atoms with Gasteiger partial charge >= 0.3 is 0 Å². The topological polar surface area (TPSA) is 67.3 Å². The van der Waals surface area contributed by atoms with Crippen molar-refractivity contribution in [3.63, 3.8) is 0 Å². The zero-order chi connectivity index (χ0) is 20.0. The Bertz CT molecular complexity index is 1060. The van der Waals surface area contributed by atoms with E-state index < -0.39 is 6.10 Å². The lowest BCUT2D eigenvalue weighted by Crippen LogP contribution is -2.18. The Morgan fingerprint density at radius 1 is 1.24 bits per heavy atom. The Balaban J connectivity index is 1.25. The summed E-state index contributed by atoms with van der Waals surface area (Å²) in [7, 11) is 2.19. The van der Waals surface area contributed by atoms with Crippen LogP contribution in [0.5, 0.6) is 0 Å². The van der Waals surface area contributed by atoms with E-state index in [-0.39, 0.29) is 0 Å². The van der Waals surface area contributed by atoms with Crippen molar-refractivity contribution in [3.8, 4) is 23.2 Å². The molecule has 2 aromatic heterocycles. The van der Waals surface area contributed by atoms with Gasteiger partial charge in [0, 0.05) is 48.6 Å². The van der Waals surface area contributed by atoms with Crippen molar-refractivity contribution in [3.05, 3.63) is 59.8 Å². The predicted octanol–water partition coefficient (Wildman–Crippen LogP) is 2.80. The second-order valence-corrected chi connectivity index (χ2v) is 8.19. The van der Waals surface area contributed by atoms with Crippen LogP contribution in [0.4, 0.5) is 0 Å². The molecule has 1 N–H and O–H groups in total. The number of aliphatic hydroxyl groups is 1. The first-order valence-corrected chi connectivity index (χ1v) is 10.0. The lowest BCUT2D eigenvalue weighted by molar-refractivity contribution is 0.184. The van der Waals surface area contributed by atoms with Crippen LogP contribution in [0.15, 0.2) is 47.2 Å². The molecule has 0 bridgehead atoms. The van der Waals surface area contributed by atoms with Crippen LogP contribution in [0.3, 0.4) is 0 Å². The van der Waals surface area contributed by atoms with Crippen molar-refractivity contribution in [1.29, 1.82) is 0 Å². The summed E-state index contributed by atoms with van der Waals surface area (Å²) in [5, 5.41) is 13.9. The highest BCUT2D eigenvalue weighted by Crippen LogP contribution is 2.50. The molecule has 6 heteroatoms. The van der Waals surface area contributed by atoms with Crippen LogP contribution in [0.25, 0.3) is 11.3 Å². The maximum atomic E-state index is 9.78. The van der Waals surface area contributed by atoms with Gasteiger partial charge in [-0.3, -0.25) is 0 Å². The molecule has 2 fully saturated rings. The van der Waals surface area contributed by atoms with Crippen LogP contribution in [0.2, 0.25) is 0 Å². The van der Waals surface area contributed by atoms with Crippen molar-refractivity contribution in [2.75, 3.05) is 20.1 Å². The van der Waals surface area contributed by atoms with Gasteiger partial charge in [-0.1, -0.05) is 17.0 Å². The van der Waals surface area contributed by atoms with Gasteiger partial charge < -0.3 is 19.1 Å². The van der Waals surface area contributed by atoms with Crippen LogP contribution < -0.4 is 0 Å². The molecule has 6 nitrogen and oxygen atoms in total. The number of aromatic nitrogens is 3. The van der Waals surface area contributed by atoms with E-state index in [1.54, 1.807) is 13.1 Å². The zero-order valence-corrected chi connectivity index (χ0v) is 16.6. The van der Waals surface area contributed by atoms with E-state index in [0.717, 1.165) is 34.4 Å². The van der Waals surface area contributed by atoms with E-state index in [2.05, 4.69) is 33.9 Å². The summed E-state index contributed by atoms with van der Waals surface area (Å²) < 4.78 is 7.39. The minimum atomic E-state index is -0.624. The molecule has 1 aliphatic carbocycles. The number of hydrogen-bond donors (Lipinski definition) is 1. The summed E-state index contributed by atoms with van der Waals surface area (Å²) in [6, 6.07) is 10.0. The average Bonchev–Trinajstić information content (AvgIpc) is 3.19. The fraction of sp³-hybridized carbons (Fsp3) is 0.391. The number of hydrogen-bond acceptors (Lipinski definition) is 5. The molecule has 148 valence electrons. The molecule has 1 saturated carbocycles. The number of imidazole rings is 1. The number of rotatable bonds is 4. The quantitative estimate of drug-likeness (QED) is 0.696. The number of benzene rings is 1. The van der Waals surface area contributed by atoms with Crippen LogP contribution in [-0.4, -0.2) is 44.9 Å². The Kier molecular flexibility index (Phi) is 4.50. The predicted molar refractivity (Wildman–Crippen MR) is 109 cm³/mol. The molecule has 1 saturated heterocycles. The van der Waals surface area contributed by atoms with Crippen LogP contribution >= 0.6 is 0 Å². The highest BCUT2D eigenvalue weighted by molar-refractivity contribution is 5.59. The second kappa shape index (κ2) is 7.18. The monoisotopic (exact) mass is 388 g/mol. The second-order valence-electron chi connectivity index (χ2n) is 8.19. The van der Waals surface area contributed by atoms with E-state index in [9.17, 15) is 5.11 Å². The fourth-order valence-electron chi connectivity index (χ4n) is 4.35. The van der Waals surface area contributed by atoms with Crippen molar-refractivity contribution in [2.24, 2.45) is 17.8 Å². The molecule has 29 heavy (non-hydrogen) atoms. The summed E-state index contributed by atoms with van der Waals surface area (Å²) in [5.41, 5.74) is 2.79. The Morgan fingerprint density at radius 2 is 2.00 bits per heavy atom. The van der Waals surface area contributed by atoms with E-state index in [0.29, 0.717) is 18.3 Å². The molecule has 2 aliphatic rings. The Hall–Kier alpha value is -2.88. The normalized spacial score (nSPS) is 24.0. The molecule has 3 atom stereocenters. The summed E-state index contributed by atoms with van der Waals surface area (Å²) >= 11 is 0. The third-order valence-electron chi connectivity index (χ3n) is 5.94. The largest absolute Gasteiger partial charge is 0.385 e. The first kappa shape index (κ1) is 18.2. The van der Waals surface area contributed by atoms with E-state index in [1.165, 1.54) is 13.1 Å². The van der Waals surface area contributed by atoms with Gasteiger partial charge in [0.25, 0.3) is 0 Å². The molecule has 1 aliphatic heterocycles. The molecule has 0 amide bonds. The summed E-state index contributed by atoms with van der Waals surface area (Å²) in [5.74, 6) is 10.3. The van der Waals surface area contributed by atoms with Crippen LogP contribution in [0.1, 0.15) is 30.1 Å². The fourth-order valence-corrected chi connectivity index (χ4v) is 4.35. The van der Waals surface area contributed by atoms with Crippen LogP contribution in [0, 0.1) is 29.6 Å². The van der Waals surface area contributed by atoms with Gasteiger partial charge in [0.15, 0.2) is 5.76 Å². The molecule has 0 spiro atoms. The van der Waals surface area contributed by atoms with Gasteiger partial charge in [0.2, 0.25) is 0 Å². The number of piperidine rings is 1. The van der Waals surface area contributed by atoms with E-state index in [1.807, 2.05) is 41.1 Å². The number of aliphatic hydroxyl groups excluding tert-OH is 1. The third kappa shape index (κ3) is 3.59. The summed E-state index contributed by atoms with van der Waals surface area (Å²) in [4.78, 5) is 6.58. The van der Waals surface area contributed by atoms with Crippen molar-refractivity contribution in [2.45, 2.75) is 19.6 Å². The highest BCUT2D eigenvalue weighted by atomic mass is 16.5. The van der Waals surface area contributed by atoms with Crippen molar-refractivity contribution in [1.82, 2.24) is 19.6 Å². The lowest BCUT2D eigenvalue weighted by Gasteiger charge is -2.09. The molecule has 3 aromatic rings. The number of fused-ring (bicyclic) bond motifs is 1. The lowest BCUT2D eigenvalue weighted by atomic mass is 10.1. The van der Waals surface area contributed by atoms with Gasteiger partial charge in [-0.05, 0) is 50.1 Å². The molecular weight excluding hydrogens is 364 g/mol.